The van der Waals surface area contributed by atoms with Crippen LogP contribution < -0.4 is 9.62 Å². The van der Waals surface area contributed by atoms with Crippen molar-refractivity contribution in [2.45, 2.75) is 49.5 Å². The Hall–Kier alpha value is -4.64. The molecule has 5 rings (SSSR count). The number of halogens is 6. The lowest BCUT2D eigenvalue weighted by Gasteiger charge is -2.39. The number of rotatable bonds is 9. The van der Waals surface area contributed by atoms with E-state index in [9.17, 15) is 49.5 Å². The van der Waals surface area contributed by atoms with Gasteiger partial charge in [-0.1, -0.05) is 12.1 Å². The summed E-state index contributed by atoms with van der Waals surface area (Å²) < 4.78 is 115. The van der Waals surface area contributed by atoms with E-state index in [1.807, 2.05) is 4.57 Å². The quantitative estimate of drug-likeness (QED) is 0.195. The van der Waals surface area contributed by atoms with Gasteiger partial charge in [-0.05, 0) is 73.9 Å². The minimum atomic E-state index is -4.87. The van der Waals surface area contributed by atoms with Crippen molar-refractivity contribution in [2.75, 3.05) is 16.7 Å². The van der Waals surface area contributed by atoms with E-state index in [0.29, 0.717) is 23.5 Å². The number of aliphatic carboxylic acids is 1. The lowest BCUT2D eigenvalue weighted by atomic mass is 9.67. The van der Waals surface area contributed by atoms with E-state index in [1.165, 1.54) is 43.4 Å². The second-order valence-corrected chi connectivity index (χ2v) is 13.7. The standard InChI is InChI=1S/C32H30F6N4O6S/c1-16-39-26-15-21(9-11-27(26)41(16)2)49(46,47)42(3)19-7-4-17(5-8-19)22-13-20(48-31(34)35)14-23(28(22)30(44)45)29(43)40-25-10-6-18(12-24(25)33)32(36,37)38/h4-12,15,20,22-23,28,31H,13-14H2,1-3H3,(H,40,43)(H,44,45)/t20-,22-,23-,28-/m1/s1. The molecule has 0 radical (unpaired) electrons. The van der Waals surface area contributed by atoms with Gasteiger partial charge in [0.25, 0.3) is 10.0 Å². The third kappa shape index (κ3) is 7.22. The van der Waals surface area contributed by atoms with Crippen LogP contribution in [-0.4, -0.2) is 54.7 Å². The number of carbonyl (C=O) groups excluding carboxylic acids is 1. The van der Waals surface area contributed by atoms with E-state index < -0.39 is 82.0 Å². The lowest BCUT2D eigenvalue weighted by molar-refractivity contribution is -0.183. The second-order valence-electron chi connectivity index (χ2n) is 11.7. The molecule has 1 amide bonds. The SMILES string of the molecule is Cc1nc2cc(S(=O)(=O)N(C)c3ccc([C@H]4C[C@@H](OC(F)F)C[C@@H](C(=O)Nc5ccc(C(F)(F)F)cc5F)[C@@H]4C(=O)O)cc3)ccc2n1C. The van der Waals surface area contributed by atoms with E-state index >= 15 is 0 Å². The Morgan fingerprint density at radius 3 is 2.33 bits per heavy atom. The summed E-state index contributed by atoms with van der Waals surface area (Å²) in [5.74, 6) is -7.62. The molecule has 0 unspecified atom stereocenters. The van der Waals surface area contributed by atoms with Crippen LogP contribution in [0.15, 0.2) is 65.6 Å². The average molecular weight is 713 g/mol. The number of nitrogens with zero attached hydrogens (tertiary/aromatic N) is 3. The van der Waals surface area contributed by atoms with Crippen LogP contribution in [0.25, 0.3) is 11.0 Å². The summed E-state index contributed by atoms with van der Waals surface area (Å²) in [4.78, 5) is 30.2. The number of aromatic nitrogens is 2. The molecule has 1 aromatic heterocycles. The predicted molar refractivity (Wildman–Crippen MR) is 165 cm³/mol. The maximum Gasteiger partial charge on any atom is 0.416 e. The van der Waals surface area contributed by atoms with E-state index in [2.05, 4.69) is 15.0 Å². The van der Waals surface area contributed by atoms with Crippen LogP contribution in [0.2, 0.25) is 0 Å². The van der Waals surface area contributed by atoms with Gasteiger partial charge in [-0.2, -0.15) is 22.0 Å². The predicted octanol–water partition coefficient (Wildman–Crippen LogP) is 6.31. The lowest BCUT2D eigenvalue weighted by Crippen LogP contribution is -2.45. The molecular weight excluding hydrogens is 682 g/mol. The number of aryl methyl sites for hydroxylation is 2. The first-order valence-corrected chi connectivity index (χ1v) is 16.2. The van der Waals surface area contributed by atoms with Gasteiger partial charge in [0, 0.05) is 20.0 Å². The molecule has 1 saturated carbocycles. The first-order valence-electron chi connectivity index (χ1n) is 14.7. The maximum absolute atomic E-state index is 14.5. The van der Waals surface area contributed by atoms with Crippen LogP contribution in [0.5, 0.6) is 0 Å². The minimum absolute atomic E-state index is 0.0341. The van der Waals surface area contributed by atoms with Gasteiger partial charge in [-0.15, -0.1) is 0 Å². The highest BCUT2D eigenvalue weighted by Crippen LogP contribution is 2.44. The Kier molecular flexibility index (Phi) is 9.71. The summed E-state index contributed by atoms with van der Waals surface area (Å²) in [6.07, 6.45) is -6.97. The van der Waals surface area contributed by atoms with E-state index in [-0.39, 0.29) is 28.6 Å². The molecule has 4 aromatic rings. The van der Waals surface area contributed by atoms with Gasteiger partial charge in [-0.3, -0.25) is 13.9 Å². The number of amides is 1. The maximum atomic E-state index is 14.5. The van der Waals surface area contributed by atoms with Gasteiger partial charge >= 0.3 is 18.8 Å². The van der Waals surface area contributed by atoms with Crippen molar-refractivity contribution in [3.63, 3.8) is 0 Å². The van der Waals surface area contributed by atoms with Gasteiger partial charge in [0.15, 0.2) is 0 Å². The Balaban J connectivity index is 1.43. The first kappa shape index (κ1) is 35.7. The number of anilines is 2. The Morgan fingerprint density at radius 1 is 1.06 bits per heavy atom. The molecule has 4 atom stereocenters. The largest absolute Gasteiger partial charge is 0.481 e. The zero-order valence-electron chi connectivity index (χ0n) is 26.1. The number of carboxylic acid groups (broad SMARTS) is 1. The highest BCUT2D eigenvalue weighted by atomic mass is 32.2. The molecule has 0 aliphatic heterocycles. The molecule has 10 nitrogen and oxygen atoms in total. The topological polar surface area (TPSA) is 131 Å². The summed E-state index contributed by atoms with van der Waals surface area (Å²) in [5, 5.41) is 12.3. The van der Waals surface area contributed by atoms with Gasteiger partial charge in [0.1, 0.15) is 11.6 Å². The molecule has 17 heteroatoms. The molecule has 1 aliphatic rings. The van der Waals surface area contributed by atoms with Crippen LogP contribution in [0.3, 0.4) is 0 Å². The first-order chi connectivity index (χ1) is 22.9. The number of ether oxygens (including phenoxy) is 1. The highest BCUT2D eigenvalue weighted by molar-refractivity contribution is 7.92. The molecule has 1 fully saturated rings. The molecule has 3 aromatic carbocycles. The van der Waals surface area contributed by atoms with Crippen molar-refractivity contribution in [1.29, 1.82) is 0 Å². The third-order valence-electron chi connectivity index (χ3n) is 8.79. The second kappa shape index (κ2) is 13.3. The van der Waals surface area contributed by atoms with Gasteiger partial charge in [0.05, 0.1) is 50.8 Å². The summed E-state index contributed by atoms with van der Waals surface area (Å²) in [5.41, 5.74) is -0.344. The third-order valence-corrected chi connectivity index (χ3v) is 10.6. The number of fused-ring (bicyclic) bond motifs is 1. The number of imidazole rings is 1. The fourth-order valence-electron chi connectivity index (χ4n) is 6.16. The van der Waals surface area contributed by atoms with E-state index in [4.69, 9.17) is 0 Å². The molecule has 49 heavy (non-hydrogen) atoms. The molecule has 0 saturated heterocycles. The van der Waals surface area contributed by atoms with E-state index in [0.717, 1.165) is 9.82 Å². The van der Waals surface area contributed by atoms with Crippen LogP contribution in [0, 0.1) is 24.6 Å². The molecular formula is C32H30F6N4O6S. The summed E-state index contributed by atoms with van der Waals surface area (Å²) in [6, 6.07) is 11.4. The van der Waals surface area contributed by atoms with Gasteiger partial charge < -0.3 is 19.7 Å². The zero-order valence-corrected chi connectivity index (χ0v) is 26.9. The molecule has 1 heterocycles. The monoisotopic (exact) mass is 712 g/mol. The number of hydrogen-bond donors (Lipinski definition) is 2. The van der Waals surface area contributed by atoms with Crippen molar-refractivity contribution in [3.8, 4) is 0 Å². The molecule has 0 bridgehead atoms. The molecule has 2 N–H and O–H groups in total. The van der Waals surface area contributed by atoms with E-state index in [1.54, 1.807) is 20.0 Å². The van der Waals surface area contributed by atoms with Crippen molar-refractivity contribution >= 4 is 44.3 Å². The number of nitrogens with one attached hydrogen (secondary N) is 1. The Labute approximate surface area is 276 Å². The molecule has 262 valence electrons. The molecule has 0 spiro atoms. The highest BCUT2D eigenvalue weighted by Gasteiger charge is 2.47. The summed E-state index contributed by atoms with van der Waals surface area (Å²) in [6.45, 7) is -1.50. The number of hydrogen-bond acceptors (Lipinski definition) is 6. The van der Waals surface area contributed by atoms with Crippen LogP contribution in [0.1, 0.15) is 35.7 Å². The zero-order chi connectivity index (χ0) is 36.0. The van der Waals surface area contributed by atoms with Gasteiger partial charge in [0.2, 0.25) is 5.91 Å². The Morgan fingerprint density at radius 2 is 1.73 bits per heavy atom. The van der Waals surface area contributed by atoms with Crippen molar-refractivity contribution in [2.24, 2.45) is 18.9 Å². The Bertz CT molecular complexity index is 2000. The summed E-state index contributed by atoms with van der Waals surface area (Å²) >= 11 is 0. The number of benzene rings is 3. The number of carboxylic acids is 1. The van der Waals surface area contributed by atoms with Crippen LogP contribution >= 0.6 is 0 Å². The smallest absolute Gasteiger partial charge is 0.416 e. The fourth-order valence-corrected chi connectivity index (χ4v) is 7.37. The van der Waals surface area contributed by atoms with Gasteiger partial charge in [-0.25, -0.2) is 17.8 Å². The molecule has 1 aliphatic carbocycles. The van der Waals surface area contributed by atoms with Crippen LogP contribution in [-0.2, 0) is 37.6 Å². The van der Waals surface area contributed by atoms with Crippen molar-refractivity contribution < 1.29 is 54.2 Å². The average Bonchev–Trinajstić information content (AvgIpc) is 3.32. The number of carbonyl (C=O) groups is 2. The van der Waals surface area contributed by atoms with Crippen molar-refractivity contribution in [1.82, 2.24) is 9.55 Å². The minimum Gasteiger partial charge on any atom is -0.481 e. The normalized spacial score (nSPS) is 20.0. The van der Waals surface area contributed by atoms with Crippen LogP contribution in [0.4, 0.5) is 37.7 Å². The summed E-state index contributed by atoms with van der Waals surface area (Å²) in [7, 11) is -0.988. The number of sulfonamides is 1. The number of alkyl halides is 5. The van der Waals surface area contributed by atoms with Crippen molar-refractivity contribution in [3.05, 3.63) is 83.4 Å². The fraction of sp³-hybridized carbons (Fsp3) is 0.344.